The zero-order valence-corrected chi connectivity index (χ0v) is 6.59. The smallest absolute Gasteiger partial charge is 0.330 e. The van der Waals surface area contributed by atoms with Crippen LogP contribution in [0.1, 0.15) is 6.92 Å². The third-order valence-electron chi connectivity index (χ3n) is 0.992. The van der Waals surface area contributed by atoms with Crippen molar-refractivity contribution in [3.63, 3.8) is 0 Å². The Morgan fingerprint density at radius 2 is 2.27 bits per heavy atom. The molecular weight excluding hydrogens is 146 g/mol. The third kappa shape index (κ3) is 7.02. The van der Waals surface area contributed by atoms with Crippen molar-refractivity contribution in [2.45, 2.75) is 6.92 Å². The fraction of sp³-hybridized carbons (Fsp3) is 0.571. The summed E-state index contributed by atoms with van der Waals surface area (Å²) in [6, 6.07) is 0. The summed E-state index contributed by atoms with van der Waals surface area (Å²) < 4.78 is 4.83. The van der Waals surface area contributed by atoms with Gasteiger partial charge in [-0.05, 0) is 6.92 Å². The zero-order chi connectivity index (χ0) is 8.69. The lowest BCUT2D eigenvalue weighted by molar-refractivity contribution is -0.132. The second-order valence-electron chi connectivity index (χ2n) is 2.14. The third-order valence-corrected chi connectivity index (χ3v) is 0.992. The molecule has 4 heteroatoms. The molecule has 0 amide bonds. The summed E-state index contributed by atoms with van der Waals surface area (Å²) in [5.74, 6) is -0.935. The summed E-state index contributed by atoms with van der Waals surface area (Å²) in [6.07, 6.45) is 0. The second kappa shape index (κ2) is 5.88. The van der Waals surface area contributed by atoms with Crippen LogP contribution in [-0.2, 0) is 9.53 Å². The minimum absolute atomic E-state index is 0.176. The zero-order valence-electron chi connectivity index (χ0n) is 6.59. The molecule has 0 saturated carbocycles. The van der Waals surface area contributed by atoms with Crippen LogP contribution in [0.2, 0.25) is 0 Å². The van der Waals surface area contributed by atoms with E-state index >= 15 is 0 Å². The number of hydrogen-bond donors (Lipinski definition) is 2. The first kappa shape index (κ1) is 10.1. The van der Waals surface area contributed by atoms with Crippen molar-refractivity contribution < 1.29 is 14.6 Å². The van der Waals surface area contributed by atoms with Gasteiger partial charge in [-0.15, -0.1) is 0 Å². The van der Waals surface area contributed by atoms with Crippen molar-refractivity contribution in [2.75, 3.05) is 19.9 Å². The van der Waals surface area contributed by atoms with Crippen LogP contribution in [-0.4, -0.2) is 31.0 Å². The lowest BCUT2D eigenvalue weighted by Crippen LogP contribution is -2.05. The molecule has 1 fully saturated rings. The van der Waals surface area contributed by atoms with Crippen LogP contribution in [0.15, 0.2) is 12.2 Å². The summed E-state index contributed by atoms with van der Waals surface area (Å²) in [4.78, 5) is 9.60. The monoisotopic (exact) mass is 159 g/mol. The molecule has 11 heavy (non-hydrogen) atoms. The molecule has 0 bridgehead atoms. The SMILES string of the molecule is C1COCN1.C=C(C)C(=O)O. The minimum Gasteiger partial charge on any atom is -0.478 e. The van der Waals surface area contributed by atoms with Crippen LogP contribution in [0.25, 0.3) is 0 Å². The van der Waals surface area contributed by atoms with E-state index in [0.29, 0.717) is 0 Å². The van der Waals surface area contributed by atoms with Gasteiger partial charge >= 0.3 is 5.97 Å². The summed E-state index contributed by atoms with van der Waals surface area (Å²) in [7, 11) is 0. The summed E-state index contributed by atoms with van der Waals surface area (Å²) >= 11 is 0. The largest absolute Gasteiger partial charge is 0.478 e. The highest BCUT2D eigenvalue weighted by molar-refractivity contribution is 5.84. The predicted molar refractivity (Wildman–Crippen MR) is 41.3 cm³/mol. The fourth-order valence-corrected chi connectivity index (χ4v) is 0.361. The topological polar surface area (TPSA) is 58.6 Å². The van der Waals surface area contributed by atoms with Gasteiger partial charge in [0.25, 0.3) is 0 Å². The van der Waals surface area contributed by atoms with E-state index in [1.54, 1.807) is 0 Å². The van der Waals surface area contributed by atoms with E-state index in [2.05, 4.69) is 11.9 Å². The maximum Gasteiger partial charge on any atom is 0.330 e. The Morgan fingerprint density at radius 1 is 1.73 bits per heavy atom. The summed E-state index contributed by atoms with van der Waals surface area (Å²) in [5.41, 5.74) is 0.176. The molecule has 0 unspecified atom stereocenters. The summed E-state index contributed by atoms with van der Waals surface area (Å²) in [6.45, 7) is 7.27. The van der Waals surface area contributed by atoms with Crippen LogP contribution < -0.4 is 5.32 Å². The first-order chi connectivity index (χ1) is 5.14. The molecule has 1 heterocycles. The van der Waals surface area contributed by atoms with Crippen molar-refractivity contribution in [1.29, 1.82) is 0 Å². The van der Waals surface area contributed by atoms with Gasteiger partial charge in [-0.2, -0.15) is 0 Å². The Hall–Kier alpha value is -0.870. The number of nitrogens with one attached hydrogen (secondary N) is 1. The van der Waals surface area contributed by atoms with Crippen molar-refractivity contribution in [2.24, 2.45) is 0 Å². The molecule has 0 aromatic rings. The Morgan fingerprint density at radius 3 is 2.36 bits per heavy atom. The van der Waals surface area contributed by atoms with Gasteiger partial charge in [0.1, 0.15) is 0 Å². The highest BCUT2D eigenvalue weighted by atomic mass is 16.5. The van der Waals surface area contributed by atoms with E-state index in [1.807, 2.05) is 0 Å². The number of carboxylic acids is 1. The molecule has 0 atom stereocenters. The maximum absolute atomic E-state index is 9.60. The van der Waals surface area contributed by atoms with Crippen LogP contribution in [0.5, 0.6) is 0 Å². The number of aliphatic carboxylic acids is 1. The van der Waals surface area contributed by atoms with E-state index in [9.17, 15) is 4.79 Å². The molecule has 0 aromatic heterocycles. The minimum atomic E-state index is -0.935. The normalized spacial score (nSPS) is 15.0. The number of carbonyl (C=O) groups is 1. The van der Waals surface area contributed by atoms with Gasteiger partial charge in [0.2, 0.25) is 0 Å². The molecule has 1 saturated heterocycles. The molecule has 1 rings (SSSR count). The molecule has 2 N–H and O–H groups in total. The van der Waals surface area contributed by atoms with E-state index in [-0.39, 0.29) is 5.57 Å². The standard InChI is InChI=1S/C4H6O2.C3H7NO/c1-3(2)4(5)6;1-2-5-3-4-1/h1H2,2H3,(H,5,6);4H,1-3H2. The molecule has 1 aliphatic heterocycles. The van der Waals surface area contributed by atoms with Gasteiger partial charge in [0.05, 0.1) is 13.3 Å². The van der Waals surface area contributed by atoms with E-state index in [4.69, 9.17) is 9.84 Å². The Bertz CT molecular complexity index is 121. The van der Waals surface area contributed by atoms with E-state index in [0.717, 1.165) is 19.9 Å². The second-order valence-corrected chi connectivity index (χ2v) is 2.14. The summed E-state index contributed by atoms with van der Waals surface area (Å²) in [5, 5.41) is 10.9. The first-order valence-corrected chi connectivity index (χ1v) is 3.32. The van der Waals surface area contributed by atoms with Crippen LogP contribution in [0, 0.1) is 0 Å². The highest BCUT2D eigenvalue weighted by Gasteiger charge is 1.92. The van der Waals surface area contributed by atoms with Gasteiger partial charge in [-0.3, -0.25) is 5.32 Å². The van der Waals surface area contributed by atoms with Crippen LogP contribution >= 0.6 is 0 Å². The molecular formula is C7H13NO3. The van der Waals surface area contributed by atoms with Crippen molar-refractivity contribution in [1.82, 2.24) is 5.32 Å². The molecule has 0 aromatic carbocycles. The lowest BCUT2D eigenvalue weighted by Gasteiger charge is -1.79. The molecule has 0 aliphatic carbocycles. The van der Waals surface area contributed by atoms with E-state index < -0.39 is 5.97 Å². The maximum atomic E-state index is 9.60. The van der Waals surface area contributed by atoms with Gasteiger partial charge in [0.15, 0.2) is 0 Å². The quantitative estimate of drug-likeness (QED) is 0.537. The number of carboxylic acid groups (broad SMARTS) is 1. The molecule has 64 valence electrons. The van der Waals surface area contributed by atoms with Crippen LogP contribution in [0.3, 0.4) is 0 Å². The number of hydrogen-bond acceptors (Lipinski definition) is 3. The Kier molecular flexibility index (Phi) is 5.42. The van der Waals surface area contributed by atoms with Crippen molar-refractivity contribution >= 4 is 5.97 Å². The van der Waals surface area contributed by atoms with E-state index in [1.165, 1.54) is 6.92 Å². The molecule has 0 radical (unpaired) electrons. The predicted octanol–water partition coefficient (Wildman–Crippen LogP) is 0.211. The Labute approximate surface area is 65.9 Å². The Balaban J connectivity index is 0.000000183. The fourth-order valence-electron chi connectivity index (χ4n) is 0.361. The number of rotatable bonds is 1. The highest BCUT2D eigenvalue weighted by Crippen LogP contribution is 1.81. The molecule has 4 nitrogen and oxygen atoms in total. The molecule has 1 aliphatic rings. The van der Waals surface area contributed by atoms with Crippen LogP contribution in [0.4, 0.5) is 0 Å². The van der Waals surface area contributed by atoms with Gasteiger partial charge in [0, 0.05) is 12.1 Å². The average Bonchev–Trinajstić information content (AvgIpc) is 2.41. The van der Waals surface area contributed by atoms with Gasteiger partial charge in [-0.25, -0.2) is 4.79 Å². The lowest BCUT2D eigenvalue weighted by atomic mass is 10.4. The average molecular weight is 159 g/mol. The first-order valence-electron chi connectivity index (χ1n) is 3.32. The van der Waals surface area contributed by atoms with Crippen molar-refractivity contribution in [3.8, 4) is 0 Å². The van der Waals surface area contributed by atoms with Gasteiger partial charge < -0.3 is 9.84 Å². The number of ether oxygens (including phenoxy) is 1. The van der Waals surface area contributed by atoms with Gasteiger partial charge in [-0.1, -0.05) is 6.58 Å². The van der Waals surface area contributed by atoms with Crippen molar-refractivity contribution in [3.05, 3.63) is 12.2 Å². The molecule has 0 spiro atoms.